The molecule has 0 aromatic heterocycles. The van der Waals surface area contributed by atoms with Crippen LogP contribution < -0.4 is 0 Å². The van der Waals surface area contributed by atoms with Gasteiger partial charge in [-0.15, -0.1) is 0 Å². The van der Waals surface area contributed by atoms with Gasteiger partial charge in [0.05, 0.1) is 18.6 Å². The lowest BCUT2D eigenvalue weighted by Gasteiger charge is -2.40. The zero-order chi connectivity index (χ0) is 13.0. The maximum atomic E-state index is 11.5. The summed E-state index contributed by atoms with van der Waals surface area (Å²) in [6, 6.07) is 0.225. The van der Waals surface area contributed by atoms with E-state index in [1.807, 2.05) is 0 Å². The number of hydrogen-bond acceptors (Lipinski definition) is 3. The van der Waals surface area contributed by atoms with E-state index in [-0.39, 0.29) is 18.1 Å². The lowest BCUT2D eigenvalue weighted by molar-refractivity contribution is -0.146. The lowest BCUT2D eigenvalue weighted by Crippen LogP contribution is -2.51. The van der Waals surface area contributed by atoms with Gasteiger partial charge in [0.15, 0.2) is 0 Å². The Kier molecular flexibility index (Phi) is 5.01. The Morgan fingerprint density at radius 2 is 2.11 bits per heavy atom. The van der Waals surface area contributed by atoms with Gasteiger partial charge in [0, 0.05) is 19.1 Å². The molecule has 2 rings (SSSR count). The number of aliphatic carboxylic acids is 1. The van der Waals surface area contributed by atoms with Crippen molar-refractivity contribution < 1.29 is 14.6 Å². The summed E-state index contributed by atoms with van der Waals surface area (Å²) in [5, 5.41) is 9.43. The number of ether oxygens (including phenoxy) is 1. The van der Waals surface area contributed by atoms with Crippen LogP contribution in [0.5, 0.6) is 0 Å². The molecule has 1 aliphatic heterocycles. The Labute approximate surface area is 109 Å². The SMILES string of the molecule is CCC1CN(C2CCCCCC2C(=O)O)CCO1. The van der Waals surface area contributed by atoms with Gasteiger partial charge >= 0.3 is 5.97 Å². The van der Waals surface area contributed by atoms with Crippen LogP contribution in [0.25, 0.3) is 0 Å². The molecular formula is C14H25NO3. The van der Waals surface area contributed by atoms with Crippen molar-refractivity contribution >= 4 is 5.97 Å². The van der Waals surface area contributed by atoms with Gasteiger partial charge in [-0.05, 0) is 19.3 Å². The van der Waals surface area contributed by atoms with Crippen molar-refractivity contribution in [1.82, 2.24) is 4.90 Å². The van der Waals surface area contributed by atoms with Crippen molar-refractivity contribution in [1.29, 1.82) is 0 Å². The van der Waals surface area contributed by atoms with Gasteiger partial charge in [0.1, 0.15) is 0 Å². The molecule has 3 atom stereocenters. The van der Waals surface area contributed by atoms with Gasteiger partial charge in [-0.25, -0.2) is 0 Å². The van der Waals surface area contributed by atoms with Crippen LogP contribution in [-0.2, 0) is 9.53 Å². The predicted octanol–water partition coefficient (Wildman–Crippen LogP) is 2.13. The molecule has 1 heterocycles. The van der Waals surface area contributed by atoms with E-state index in [9.17, 15) is 9.90 Å². The minimum absolute atomic E-state index is 0.178. The number of carbonyl (C=O) groups is 1. The van der Waals surface area contributed by atoms with Gasteiger partial charge < -0.3 is 9.84 Å². The zero-order valence-corrected chi connectivity index (χ0v) is 11.3. The van der Waals surface area contributed by atoms with Gasteiger partial charge in [-0.3, -0.25) is 9.69 Å². The smallest absolute Gasteiger partial charge is 0.308 e. The molecule has 0 radical (unpaired) electrons. The van der Waals surface area contributed by atoms with Crippen molar-refractivity contribution in [3.05, 3.63) is 0 Å². The van der Waals surface area contributed by atoms with Crippen LogP contribution in [-0.4, -0.2) is 47.8 Å². The van der Waals surface area contributed by atoms with E-state index in [2.05, 4.69) is 11.8 Å². The fourth-order valence-corrected chi connectivity index (χ4v) is 3.30. The molecule has 1 N–H and O–H groups in total. The first kappa shape index (κ1) is 13.8. The van der Waals surface area contributed by atoms with Gasteiger partial charge in [0.2, 0.25) is 0 Å². The fraction of sp³-hybridized carbons (Fsp3) is 0.929. The quantitative estimate of drug-likeness (QED) is 0.785. The summed E-state index contributed by atoms with van der Waals surface area (Å²) in [6.07, 6.45) is 6.60. The third kappa shape index (κ3) is 3.23. The third-order valence-electron chi connectivity index (χ3n) is 4.39. The first-order chi connectivity index (χ1) is 8.72. The second-order valence-corrected chi connectivity index (χ2v) is 5.55. The number of morpholine rings is 1. The van der Waals surface area contributed by atoms with E-state index in [0.717, 1.165) is 45.4 Å². The molecule has 18 heavy (non-hydrogen) atoms. The molecule has 1 saturated heterocycles. The predicted molar refractivity (Wildman–Crippen MR) is 69.6 cm³/mol. The second kappa shape index (κ2) is 6.53. The summed E-state index contributed by atoms with van der Waals surface area (Å²) in [5.41, 5.74) is 0. The number of rotatable bonds is 3. The second-order valence-electron chi connectivity index (χ2n) is 5.55. The Hall–Kier alpha value is -0.610. The van der Waals surface area contributed by atoms with Crippen LogP contribution >= 0.6 is 0 Å². The molecule has 4 heteroatoms. The van der Waals surface area contributed by atoms with Crippen LogP contribution in [0.4, 0.5) is 0 Å². The first-order valence-corrected chi connectivity index (χ1v) is 7.30. The number of carboxylic acid groups (broad SMARTS) is 1. The molecule has 104 valence electrons. The maximum absolute atomic E-state index is 11.5. The van der Waals surface area contributed by atoms with Crippen molar-refractivity contribution in [3.8, 4) is 0 Å². The Morgan fingerprint density at radius 3 is 2.83 bits per heavy atom. The summed E-state index contributed by atoms with van der Waals surface area (Å²) < 4.78 is 5.69. The average molecular weight is 255 g/mol. The van der Waals surface area contributed by atoms with Crippen LogP contribution in [0.1, 0.15) is 45.4 Å². The molecule has 2 aliphatic rings. The molecule has 0 bridgehead atoms. The molecule has 0 aromatic carbocycles. The van der Waals surface area contributed by atoms with Crippen molar-refractivity contribution in [2.45, 2.75) is 57.6 Å². The summed E-state index contributed by atoms with van der Waals surface area (Å²) in [4.78, 5) is 13.8. The summed E-state index contributed by atoms with van der Waals surface area (Å²) in [6.45, 7) is 4.69. The van der Waals surface area contributed by atoms with E-state index in [4.69, 9.17) is 4.74 Å². The van der Waals surface area contributed by atoms with E-state index >= 15 is 0 Å². The summed E-state index contributed by atoms with van der Waals surface area (Å²) in [7, 11) is 0. The van der Waals surface area contributed by atoms with Gasteiger partial charge in [-0.2, -0.15) is 0 Å². The van der Waals surface area contributed by atoms with Crippen LogP contribution in [0, 0.1) is 5.92 Å². The van der Waals surface area contributed by atoms with E-state index in [1.165, 1.54) is 12.8 Å². The molecule has 1 aliphatic carbocycles. The summed E-state index contributed by atoms with van der Waals surface area (Å²) in [5.74, 6) is -0.787. The van der Waals surface area contributed by atoms with Crippen molar-refractivity contribution in [2.24, 2.45) is 5.92 Å². The van der Waals surface area contributed by atoms with Crippen LogP contribution in [0.2, 0.25) is 0 Å². The van der Waals surface area contributed by atoms with E-state index in [0.29, 0.717) is 0 Å². The molecule has 0 amide bonds. The first-order valence-electron chi connectivity index (χ1n) is 7.30. The molecule has 2 fully saturated rings. The number of carboxylic acids is 1. The standard InChI is InChI=1S/C14H25NO3/c1-2-11-10-15(8-9-18-11)13-7-5-3-4-6-12(13)14(16)17/h11-13H,2-10H2,1H3,(H,16,17). The average Bonchev–Trinajstić information content (AvgIpc) is 2.64. The lowest BCUT2D eigenvalue weighted by atomic mass is 9.92. The van der Waals surface area contributed by atoms with E-state index < -0.39 is 5.97 Å². The van der Waals surface area contributed by atoms with Crippen molar-refractivity contribution in [2.75, 3.05) is 19.7 Å². The third-order valence-corrected chi connectivity index (χ3v) is 4.39. The van der Waals surface area contributed by atoms with Gasteiger partial charge in [0.25, 0.3) is 0 Å². The highest BCUT2D eigenvalue weighted by atomic mass is 16.5. The Morgan fingerprint density at radius 1 is 1.33 bits per heavy atom. The van der Waals surface area contributed by atoms with E-state index in [1.54, 1.807) is 0 Å². The molecular weight excluding hydrogens is 230 g/mol. The largest absolute Gasteiger partial charge is 0.481 e. The Bertz CT molecular complexity index is 282. The zero-order valence-electron chi connectivity index (χ0n) is 11.3. The normalized spacial score (nSPS) is 35.1. The minimum Gasteiger partial charge on any atom is -0.481 e. The monoisotopic (exact) mass is 255 g/mol. The fourth-order valence-electron chi connectivity index (χ4n) is 3.30. The molecule has 1 saturated carbocycles. The number of nitrogens with zero attached hydrogens (tertiary/aromatic N) is 1. The number of hydrogen-bond donors (Lipinski definition) is 1. The minimum atomic E-state index is -0.610. The summed E-state index contributed by atoms with van der Waals surface area (Å²) >= 11 is 0. The topological polar surface area (TPSA) is 49.8 Å². The highest BCUT2D eigenvalue weighted by Gasteiger charge is 2.35. The highest BCUT2D eigenvalue weighted by molar-refractivity contribution is 5.70. The maximum Gasteiger partial charge on any atom is 0.308 e. The Balaban J connectivity index is 2.04. The molecule has 4 nitrogen and oxygen atoms in total. The molecule has 0 aromatic rings. The highest BCUT2D eigenvalue weighted by Crippen LogP contribution is 2.29. The molecule has 3 unspecified atom stereocenters. The van der Waals surface area contributed by atoms with Crippen molar-refractivity contribution in [3.63, 3.8) is 0 Å². The van der Waals surface area contributed by atoms with Crippen LogP contribution in [0.15, 0.2) is 0 Å². The van der Waals surface area contributed by atoms with Crippen LogP contribution in [0.3, 0.4) is 0 Å². The van der Waals surface area contributed by atoms with Gasteiger partial charge in [-0.1, -0.05) is 26.2 Å². The molecule has 0 spiro atoms.